The lowest BCUT2D eigenvalue weighted by molar-refractivity contribution is 0.0657. The topological polar surface area (TPSA) is 62.4 Å². The van der Waals surface area contributed by atoms with Crippen molar-refractivity contribution in [1.29, 1.82) is 0 Å². The van der Waals surface area contributed by atoms with Gasteiger partial charge in [-0.3, -0.25) is 0 Å². The van der Waals surface area contributed by atoms with Crippen molar-refractivity contribution in [3.05, 3.63) is 5.89 Å². The van der Waals surface area contributed by atoms with Gasteiger partial charge in [0.05, 0.1) is 6.10 Å². The molecule has 0 bridgehead atoms. The molecule has 2 rings (SSSR count). The van der Waals surface area contributed by atoms with Crippen LogP contribution in [0.25, 0.3) is 0 Å². The summed E-state index contributed by atoms with van der Waals surface area (Å²) in [4.78, 5) is 6.09. The minimum atomic E-state index is -0.205. The number of hydrogen-bond acceptors (Lipinski definition) is 5. The number of anilines is 1. The molecular formula is C11H19N3O2. The molecule has 2 atom stereocenters. The Morgan fingerprint density at radius 1 is 1.38 bits per heavy atom. The van der Waals surface area contributed by atoms with Gasteiger partial charge in [-0.15, -0.1) is 0 Å². The third-order valence-corrected chi connectivity index (χ3v) is 3.16. The van der Waals surface area contributed by atoms with Crippen LogP contribution in [0.2, 0.25) is 0 Å². The maximum atomic E-state index is 9.85. The zero-order valence-corrected chi connectivity index (χ0v) is 9.89. The first-order valence-corrected chi connectivity index (χ1v) is 5.85. The van der Waals surface area contributed by atoms with Crippen LogP contribution in [0.5, 0.6) is 0 Å². The number of aromatic nitrogens is 2. The fraction of sp³-hybridized carbons (Fsp3) is 0.818. The number of hydrogen-bond donors (Lipinski definition) is 1. The van der Waals surface area contributed by atoms with Crippen LogP contribution in [0, 0.1) is 5.92 Å². The molecule has 1 aromatic rings. The first-order valence-electron chi connectivity index (χ1n) is 5.85. The molecule has 2 unspecified atom stereocenters. The van der Waals surface area contributed by atoms with Gasteiger partial charge in [0.1, 0.15) is 0 Å². The van der Waals surface area contributed by atoms with E-state index < -0.39 is 0 Å². The van der Waals surface area contributed by atoms with Gasteiger partial charge in [-0.1, -0.05) is 12.8 Å². The summed E-state index contributed by atoms with van der Waals surface area (Å²) in [5, 5.41) is 13.7. The summed E-state index contributed by atoms with van der Waals surface area (Å²) < 4.78 is 5.16. The summed E-state index contributed by atoms with van der Waals surface area (Å²) in [7, 11) is 3.76. The summed E-state index contributed by atoms with van der Waals surface area (Å²) >= 11 is 0. The van der Waals surface area contributed by atoms with E-state index in [1.165, 1.54) is 6.42 Å². The number of rotatable bonds is 3. The zero-order chi connectivity index (χ0) is 11.5. The van der Waals surface area contributed by atoms with Crippen molar-refractivity contribution in [2.24, 2.45) is 5.92 Å². The highest BCUT2D eigenvalue weighted by atomic mass is 16.5. The van der Waals surface area contributed by atoms with Gasteiger partial charge in [-0.25, -0.2) is 0 Å². The standard InChI is InChI=1S/C11H19N3O2/c1-14(2)11-12-10(16-13-11)7-8-5-3-4-6-9(8)15/h8-9,15H,3-7H2,1-2H3. The second-order valence-electron chi connectivity index (χ2n) is 4.70. The van der Waals surface area contributed by atoms with E-state index in [1.807, 2.05) is 19.0 Å². The molecule has 90 valence electrons. The molecule has 1 N–H and O–H groups in total. The van der Waals surface area contributed by atoms with Crippen molar-refractivity contribution in [1.82, 2.24) is 10.1 Å². The Kier molecular flexibility index (Phi) is 3.43. The Bertz CT molecular complexity index is 338. The molecule has 1 saturated carbocycles. The van der Waals surface area contributed by atoms with Gasteiger partial charge in [0.15, 0.2) is 0 Å². The van der Waals surface area contributed by atoms with Gasteiger partial charge in [-0.05, 0) is 23.9 Å². The van der Waals surface area contributed by atoms with Crippen LogP contribution in [0.15, 0.2) is 4.52 Å². The maximum Gasteiger partial charge on any atom is 0.265 e. The highest BCUT2D eigenvalue weighted by Crippen LogP contribution is 2.27. The van der Waals surface area contributed by atoms with Crippen LogP contribution < -0.4 is 4.90 Å². The molecule has 0 aromatic carbocycles. The first kappa shape index (κ1) is 11.4. The van der Waals surface area contributed by atoms with Crippen molar-refractivity contribution >= 4 is 5.95 Å². The van der Waals surface area contributed by atoms with Crippen molar-refractivity contribution in [3.63, 3.8) is 0 Å². The van der Waals surface area contributed by atoms with Crippen LogP contribution in [-0.2, 0) is 6.42 Å². The summed E-state index contributed by atoms with van der Waals surface area (Å²) in [6, 6.07) is 0. The zero-order valence-electron chi connectivity index (χ0n) is 9.89. The Morgan fingerprint density at radius 2 is 2.12 bits per heavy atom. The molecular weight excluding hydrogens is 206 g/mol. The van der Waals surface area contributed by atoms with Crippen LogP contribution in [0.3, 0.4) is 0 Å². The van der Waals surface area contributed by atoms with Gasteiger partial charge < -0.3 is 14.5 Å². The predicted octanol–water partition coefficient (Wildman–Crippen LogP) is 1.23. The quantitative estimate of drug-likeness (QED) is 0.838. The van der Waals surface area contributed by atoms with E-state index in [9.17, 15) is 5.11 Å². The van der Waals surface area contributed by atoms with Gasteiger partial charge in [0.25, 0.3) is 5.95 Å². The molecule has 5 heteroatoms. The second kappa shape index (κ2) is 4.82. The average molecular weight is 225 g/mol. The summed E-state index contributed by atoms with van der Waals surface area (Å²) in [5.74, 6) is 1.51. The SMILES string of the molecule is CN(C)c1noc(CC2CCCCC2O)n1. The molecule has 1 fully saturated rings. The van der Waals surface area contributed by atoms with Gasteiger partial charge in [0, 0.05) is 20.5 Å². The molecule has 0 aliphatic heterocycles. The highest BCUT2D eigenvalue weighted by Gasteiger charge is 2.25. The van der Waals surface area contributed by atoms with Crippen LogP contribution in [-0.4, -0.2) is 35.4 Å². The third kappa shape index (κ3) is 2.52. The Hall–Kier alpha value is -1.10. The number of aliphatic hydroxyl groups excluding tert-OH is 1. The molecule has 0 radical (unpaired) electrons. The highest BCUT2D eigenvalue weighted by molar-refractivity contribution is 5.23. The monoisotopic (exact) mass is 225 g/mol. The second-order valence-corrected chi connectivity index (χ2v) is 4.70. The lowest BCUT2D eigenvalue weighted by atomic mass is 9.84. The average Bonchev–Trinajstić information content (AvgIpc) is 2.70. The minimum absolute atomic E-state index is 0.205. The summed E-state index contributed by atoms with van der Waals surface area (Å²) in [6.07, 6.45) is 4.77. The smallest absolute Gasteiger partial charge is 0.265 e. The van der Waals surface area contributed by atoms with Crippen molar-refractivity contribution in [3.8, 4) is 0 Å². The van der Waals surface area contributed by atoms with Crippen LogP contribution >= 0.6 is 0 Å². The molecule has 1 aliphatic rings. The number of nitrogens with zero attached hydrogens (tertiary/aromatic N) is 3. The molecule has 1 heterocycles. The van der Waals surface area contributed by atoms with Crippen molar-refractivity contribution < 1.29 is 9.63 Å². The normalized spacial score (nSPS) is 25.7. The van der Waals surface area contributed by atoms with E-state index in [0.29, 0.717) is 18.3 Å². The largest absolute Gasteiger partial charge is 0.393 e. The fourth-order valence-electron chi connectivity index (χ4n) is 2.16. The van der Waals surface area contributed by atoms with E-state index in [2.05, 4.69) is 10.1 Å². The lowest BCUT2D eigenvalue weighted by Crippen LogP contribution is -2.26. The molecule has 5 nitrogen and oxygen atoms in total. The van der Waals surface area contributed by atoms with Gasteiger partial charge in [-0.2, -0.15) is 4.98 Å². The lowest BCUT2D eigenvalue weighted by Gasteiger charge is -2.26. The van der Waals surface area contributed by atoms with E-state index in [1.54, 1.807) is 0 Å². The third-order valence-electron chi connectivity index (χ3n) is 3.16. The summed E-state index contributed by atoms with van der Waals surface area (Å²) in [6.45, 7) is 0. The fourth-order valence-corrected chi connectivity index (χ4v) is 2.16. The van der Waals surface area contributed by atoms with Gasteiger partial charge in [0.2, 0.25) is 5.89 Å². The van der Waals surface area contributed by atoms with E-state index in [0.717, 1.165) is 19.3 Å². The van der Waals surface area contributed by atoms with Crippen LogP contribution in [0.4, 0.5) is 5.95 Å². The molecule has 16 heavy (non-hydrogen) atoms. The van der Waals surface area contributed by atoms with Crippen molar-refractivity contribution in [2.75, 3.05) is 19.0 Å². The first-order chi connectivity index (χ1) is 7.66. The van der Waals surface area contributed by atoms with E-state index in [4.69, 9.17) is 4.52 Å². The molecule has 1 aliphatic carbocycles. The number of aliphatic hydroxyl groups is 1. The Morgan fingerprint density at radius 3 is 2.75 bits per heavy atom. The van der Waals surface area contributed by atoms with E-state index >= 15 is 0 Å². The van der Waals surface area contributed by atoms with Crippen molar-refractivity contribution in [2.45, 2.75) is 38.2 Å². The Labute approximate surface area is 95.4 Å². The molecule has 1 aromatic heterocycles. The maximum absolute atomic E-state index is 9.85. The van der Waals surface area contributed by atoms with Crippen LogP contribution in [0.1, 0.15) is 31.6 Å². The van der Waals surface area contributed by atoms with E-state index in [-0.39, 0.29) is 12.0 Å². The van der Waals surface area contributed by atoms with Gasteiger partial charge >= 0.3 is 0 Å². The molecule has 0 spiro atoms. The summed E-state index contributed by atoms with van der Waals surface area (Å²) in [5.41, 5.74) is 0. The Balaban J connectivity index is 1.97. The predicted molar refractivity (Wildman–Crippen MR) is 60.3 cm³/mol. The minimum Gasteiger partial charge on any atom is -0.393 e. The molecule has 0 saturated heterocycles. The molecule has 0 amide bonds.